The molecule has 1 aliphatic rings. The Balaban J connectivity index is 1.86. The maximum absolute atomic E-state index is 12.2. The zero-order chi connectivity index (χ0) is 14.5. The molecule has 1 aliphatic heterocycles. The lowest BCUT2D eigenvalue weighted by Crippen LogP contribution is -2.48. The zero-order valence-electron chi connectivity index (χ0n) is 12.2. The molecule has 0 radical (unpaired) electrons. The molecule has 0 aromatic heterocycles. The van der Waals surface area contributed by atoms with Crippen LogP contribution in [-0.2, 0) is 11.3 Å². The summed E-state index contributed by atoms with van der Waals surface area (Å²) in [6, 6.07) is 7.55. The summed E-state index contributed by atoms with van der Waals surface area (Å²) in [6.07, 6.45) is 2.45. The van der Waals surface area contributed by atoms with E-state index in [9.17, 15) is 4.79 Å². The molecule has 1 heterocycles. The van der Waals surface area contributed by atoms with E-state index in [1.165, 1.54) is 12.8 Å². The van der Waals surface area contributed by atoms with Crippen molar-refractivity contribution in [3.63, 3.8) is 0 Å². The fourth-order valence-electron chi connectivity index (χ4n) is 2.72. The fourth-order valence-corrected chi connectivity index (χ4v) is 2.92. The van der Waals surface area contributed by atoms with Crippen molar-refractivity contribution in [2.45, 2.75) is 39.3 Å². The second kappa shape index (κ2) is 7.09. The van der Waals surface area contributed by atoms with E-state index in [0.29, 0.717) is 17.5 Å². The van der Waals surface area contributed by atoms with E-state index in [4.69, 9.17) is 11.6 Å². The molecule has 0 spiro atoms. The van der Waals surface area contributed by atoms with Crippen LogP contribution < -0.4 is 5.32 Å². The molecular weight excluding hydrogens is 272 g/mol. The number of amides is 1. The van der Waals surface area contributed by atoms with Crippen LogP contribution in [0.5, 0.6) is 0 Å². The fraction of sp³-hybridized carbons (Fsp3) is 0.562. The molecule has 110 valence electrons. The quantitative estimate of drug-likeness (QED) is 0.925. The summed E-state index contributed by atoms with van der Waals surface area (Å²) in [5.74, 6) is 0.765. The normalized spacial score (nSPS) is 21.4. The minimum Gasteiger partial charge on any atom is -0.351 e. The van der Waals surface area contributed by atoms with Crippen LogP contribution in [0.15, 0.2) is 24.3 Å². The van der Waals surface area contributed by atoms with Gasteiger partial charge >= 0.3 is 0 Å². The van der Waals surface area contributed by atoms with Crippen molar-refractivity contribution in [3.05, 3.63) is 34.9 Å². The molecule has 3 nitrogen and oxygen atoms in total. The minimum atomic E-state index is -0.0692. The number of carbonyl (C=O) groups is 1. The van der Waals surface area contributed by atoms with E-state index in [0.717, 1.165) is 18.7 Å². The molecule has 1 amide bonds. The highest BCUT2D eigenvalue weighted by Crippen LogP contribution is 2.18. The van der Waals surface area contributed by atoms with E-state index in [-0.39, 0.29) is 11.9 Å². The molecule has 2 atom stereocenters. The van der Waals surface area contributed by atoms with Gasteiger partial charge in [0.1, 0.15) is 0 Å². The highest BCUT2D eigenvalue weighted by atomic mass is 35.5. The number of hydrogen-bond donors (Lipinski definition) is 1. The van der Waals surface area contributed by atoms with Crippen LogP contribution in [0.2, 0.25) is 5.02 Å². The molecule has 4 heteroatoms. The Kier molecular flexibility index (Phi) is 5.44. The average molecular weight is 295 g/mol. The predicted octanol–water partition coefficient (Wildman–Crippen LogP) is 3.08. The van der Waals surface area contributed by atoms with E-state index in [2.05, 4.69) is 17.1 Å². The van der Waals surface area contributed by atoms with Crippen molar-refractivity contribution in [2.24, 2.45) is 5.92 Å². The van der Waals surface area contributed by atoms with Crippen LogP contribution in [0.4, 0.5) is 0 Å². The SMILES string of the molecule is C[C@H]1CCCN([C@H](C)C(=O)NCc2ccccc2Cl)C1. The maximum atomic E-state index is 12.2. The summed E-state index contributed by atoms with van der Waals surface area (Å²) in [4.78, 5) is 14.5. The van der Waals surface area contributed by atoms with Gasteiger partial charge in [-0.3, -0.25) is 9.69 Å². The van der Waals surface area contributed by atoms with Gasteiger partial charge in [0.25, 0.3) is 0 Å². The van der Waals surface area contributed by atoms with Gasteiger partial charge in [0.15, 0.2) is 0 Å². The lowest BCUT2D eigenvalue weighted by atomic mass is 9.99. The summed E-state index contributed by atoms with van der Waals surface area (Å²) < 4.78 is 0. The van der Waals surface area contributed by atoms with Crippen LogP contribution in [0, 0.1) is 5.92 Å². The smallest absolute Gasteiger partial charge is 0.237 e. The first kappa shape index (κ1) is 15.3. The first-order chi connectivity index (χ1) is 9.58. The van der Waals surface area contributed by atoms with Gasteiger partial charge in [0.05, 0.1) is 6.04 Å². The number of hydrogen-bond acceptors (Lipinski definition) is 2. The molecule has 0 bridgehead atoms. The third kappa shape index (κ3) is 3.97. The van der Waals surface area contributed by atoms with Crippen LogP contribution in [-0.4, -0.2) is 29.9 Å². The van der Waals surface area contributed by atoms with Crippen LogP contribution in [0.1, 0.15) is 32.3 Å². The second-order valence-electron chi connectivity index (χ2n) is 5.73. The van der Waals surface area contributed by atoms with Crippen molar-refractivity contribution in [1.82, 2.24) is 10.2 Å². The first-order valence-electron chi connectivity index (χ1n) is 7.33. The molecule has 0 aliphatic carbocycles. The van der Waals surface area contributed by atoms with Crippen LogP contribution in [0.3, 0.4) is 0 Å². The van der Waals surface area contributed by atoms with E-state index in [1.54, 1.807) is 0 Å². The standard InChI is InChI=1S/C16H23ClN2O/c1-12-6-5-9-19(11-12)13(2)16(20)18-10-14-7-3-4-8-15(14)17/h3-4,7-8,12-13H,5-6,9-11H2,1-2H3,(H,18,20)/t12-,13+/m0/s1. The molecule has 0 saturated carbocycles. The van der Waals surface area contributed by atoms with Crippen molar-refractivity contribution < 1.29 is 4.79 Å². The Morgan fingerprint density at radius 1 is 1.50 bits per heavy atom. The molecular formula is C16H23ClN2O. The van der Waals surface area contributed by atoms with E-state index >= 15 is 0 Å². The molecule has 0 unspecified atom stereocenters. The highest BCUT2D eigenvalue weighted by molar-refractivity contribution is 6.31. The Hall–Kier alpha value is -1.06. The molecule has 1 aromatic rings. The summed E-state index contributed by atoms with van der Waals surface area (Å²) in [6.45, 7) is 6.76. The molecule has 1 fully saturated rings. The lowest BCUT2D eigenvalue weighted by molar-refractivity contribution is -0.126. The summed E-state index contributed by atoms with van der Waals surface area (Å²) >= 11 is 6.09. The predicted molar refractivity (Wildman–Crippen MR) is 82.7 cm³/mol. The van der Waals surface area contributed by atoms with Gasteiger partial charge in [-0.1, -0.05) is 36.7 Å². The molecule has 1 N–H and O–H groups in total. The Morgan fingerprint density at radius 3 is 2.95 bits per heavy atom. The maximum Gasteiger partial charge on any atom is 0.237 e. The Labute approximate surface area is 126 Å². The van der Waals surface area contributed by atoms with Crippen molar-refractivity contribution >= 4 is 17.5 Å². The van der Waals surface area contributed by atoms with Gasteiger partial charge in [0, 0.05) is 18.1 Å². The van der Waals surface area contributed by atoms with Gasteiger partial charge in [-0.2, -0.15) is 0 Å². The van der Waals surface area contributed by atoms with Gasteiger partial charge in [-0.05, 0) is 43.9 Å². The Bertz CT molecular complexity index is 464. The largest absolute Gasteiger partial charge is 0.351 e. The molecule has 1 aromatic carbocycles. The van der Waals surface area contributed by atoms with Gasteiger partial charge in [-0.25, -0.2) is 0 Å². The lowest BCUT2D eigenvalue weighted by Gasteiger charge is -2.34. The van der Waals surface area contributed by atoms with Crippen LogP contribution in [0.25, 0.3) is 0 Å². The summed E-state index contributed by atoms with van der Waals surface area (Å²) in [5.41, 5.74) is 0.960. The van der Waals surface area contributed by atoms with Crippen molar-refractivity contribution in [3.8, 4) is 0 Å². The van der Waals surface area contributed by atoms with Crippen molar-refractivity contribution in [1.29, 1.82) is 0 Å². The molecule has 2 rings (SSSR count). The average Bonchev–Trinajstić information content (AvgIpc) is 2.45. The zero-order valence-corrected chi connectivity index (χ0v) is 13.0. The summed E-state index contributed by atoms with van der Waals surface area (Å²) in [5, 5.41) is 3.69. The number of likely N-dealkylation sites (tertiary alicyclic amines) is 1. The number of piperidine rings is 1. The van der Waals surface area contributed by atoms with Crippen LogP contribution >= 0.6 is 11.6 Å². The van der Waals surface area contributed by atoms with Gasteiger partial charge in [0.2, 0.25) is 5.91 Å². The number of rotatable bonds is 4. The van der Waals surface area contributed by atoms with Gasteiger partial charge in [-0.15, -0.1) is 0 Å². The summed E-state index contributed by atoms with van der Waals surface area (Å²) in [7, 11) is 0. The van der Waals surface area contributed by atoms with E-state index in [1.807, 2.05) is 31.2 Å². The second-order valence-corrected chi connectivity index (χ2v) is 6.13. The van der Waals surface area contributed by atoms with Gasteiger partial charge < -0.3 is 5.32 Å². The number of nitrogens with one attached hydrogen (secondary N) is 1. The van der Waals surface area contributed by atoms with E-state index < -0.39 is 0 Å². The third-order valence-electron chi connectivity index (χ3n) is 4.03. The van der Waals surface area contributed by atoms with Crippen molar-refractivity contribution in [2.75, 3.05) is 13.1 Å². The molecule has 20 heavy (non-hydrogen) atoms. The number of nitrogens with zero attached hydrogens (tertiary/aromatic N) is 1. The molecule has 1 saturated heterocycles. The monoisotopic (exact) mass is 294 g/mol. The topological polar surface area (TPSA) is 32.3 Å². The number of halogens is 1. The first-order valence-corrected chi connectivity index (χ1v) is 7.71. The highest BCUT2D eigenvalue weighted by Gasteiger charge is 2.25. The third-order valence-corrected chi connectivity index (χ3v) is 4.40. The Morgan fingerprint density at radius 2 is 2.25 bits per heavy atom. The minimum absolute atomic E-state index is 0.0692. The number of benzene rings is 1. The number of carbonyl (C=O) groups excluding carboxylic acids is 1.